The van der Waals surface area contributed by atoms with Gasteiger partial charge >= 0.3 is 0 Å². The topological polar surface area (TPSA) is 131 Å². The van der Waals surface area contributed by atoms with Crippen LogP contribution in [0.3, 0.4) is 0 Å². The third-order valence-electron chi connectivity index (χ3n) is 3.67. The lowest BCUT2D eigenvalue weighted by Gasteiger charge is -2.40. The molecule has 1 rings (SSSR count). The van der Waals surface area contributed by atoms with Crippen LogP contribution in [0.15, 0.2) is 0 Å². The van der Waals surface area contributed by atoms with Crippen molar-refractivity contribution in [3.8, 4) is 0 Å². The lowest BCUT2D eigenvalue weighted by Crippen LogP contribution is -2.92. The number of nitrogens with two attached hydrogens (primary N) is 1. The van der Waals surface area contributed by atoms with Crippen molar-refractivity contribution in [3.63, 3.8) is 0 Å². The molecule has 0 bridgehead atoms. The van der Waals surface area contributed by atoms with Gasteiger partial charge in [-0.25, -0.2) is 16.8 Å². The van der Waals surface area contributed by atoms with E-state index in [1.165, 1.54) is 0 Å². The van der Waals surface area contributed by atoms with Crippen LogP contribution in [0.1, 0.15) is 12.8 Å². The Hall–Kier alpha value is -0.260. The summed E-state index contributed by atoms with van der Waals surface area (Å²) in [6.45, 7) is 4.44. The predicted octanol–water partition coefficient (Wildman–Crippen LogP) is -2.75. The van der Waals surface area contributed by atoms with E-state index in [0.29, 0.717) is 17.6 Å². The molecule has 120 valence electrons. The van der Waals surface area contributed by atoms with Gasteiger partial charge < -0.3 is 18.9 Å². The van der Waals surface area contributed by atoms with Crippen molar-refractivity contribution in [2.45, 2.75) is 12.8 Å². The van der Waals surface area contributed by atoms with Gasteiger partial charge in [0.1, 0.15) is 26.2 Å². The Kier molecular flexibility index (Phi) is 6.35. The number of quaternary nitrogens is 2. The first-order valence-electron chi connectivity index (χ1n) is 6.66. The van der Waals surface area contributed by atoms with E-state index in [-0.39, 0.29) is 12.8 Å². The normalized spacial score (nSPS) is 19.9. The van der Waals surface area contributed by atoms with Crippen LogP contribution in [0.4, 0.5) is 0 Å². The maximum atomic E-state index is 10.6. The Morgan fingerprint density at radius 1 is 0.850 bits per heavy atom. The first kappa shape index (κ1) is 17.8. The molecule has 2 N–H and O–H groups in total. The molecule has 8 nitrogen and oxygen atoms in total. The molecule has 0 spiro atoms. The van der Waals surface area contributed by atoms with Crippen molar-refractivity contribution in [3.05, 3.63) is 0 Å². The smallest absolute Gasteiger partial charge is 0.129 e. The Balaban J connectivity index is 2.52. The first-order chi connectivity index (χ1) is 9.12. The van der Waals surface area contributed by atoms with Gasteiger partial charge in [-0.05, 0) is 0 Å². The highest BCUT2D eigenvalue weighted by Gasteiger charge is 2.31. The zero-order chi connectivity index (χ0) is 15.3. The highest BCUT2D eigenvalue weighted by molar-refractivity contribution is 7.85. The van der Waals surface area contributed by atoms with Crippen LogP contribution < -0.4 is 5.32 Å². The molecule has 0 aromatic rings. The van der Waals surface area contributed by atoms with Crippen LogP contribution in [0, 0.1) is 0 Å². The predicted molar refractivity (Wildman–Crippen MR) is 69.8 cm³/mol. The molecule has 0 amide bonds. The molecule has 0 saturated carbocycles. The quantitative estimate of drug-likeness (QED) is 0.379. The van der Waals surface area contributed by atoms with Gasteiger partial charge in [0.2, 0.25) is 0 Å². The fraction of sp³-hybridized carbons (Fsp3) is 1.00. The zero-order valence-corrected chi connectivity index (χ0v) is 13.0. The lowest BCUT2D eigenvalue weighted by molar-refractivity contribution is -0.967. The maximum Gasteiger partial charge on any atom is 0.129 e. The largest absolute Gasteiger partial charge is 0.748 e. The van der Waals surface area contributed by atoms with Crippen LogP contribution in [-0.2, 0) is 20.2 Å². The highest BCUT2D eigenvalue weighted by Crippen LogP contribution is 2.11. The number of rotatable bonds is 8. The molecule has 0 aromatic heterocycles. The summed E-state index contributed by atoms with van der Waals surface area (Å²) in [5.41, 5.74) is 0. The Bertz CT molecular complexity index is 456. The average molecular weight is 330 g/mol. The SMILES string of the molecule is O=S(=O)([O-])CCC[N+]1(CCCS(=O)(=O)[O-])CC[NH2+]CC1. The molecule has 1 heterocycles. The molecule has 20 heavy (non-hydrogen) atoms. The molecule has 0 radical (unpaired) electrons. The summed E-state index contributed by atoms with van der Waals surface area (Å²) in [6.07, 6.45) is 0.548. The molecular weight excluding hydrogens is 308 g/mol. The Morgan fingerprint density at radius 2 is 1.25 bits per heavy atom. The standard InChI is InChI=1S/C10H22N2O6S2/c13-19(14,15)9-1-5-12(7-3-11-4-8-12)6-2-10-20(16,17)18/h11H,1-10H2,(H-,13,14,15,16,17,18). The first-order valence-corrected chi connectivity index (χ1v) is 9.81. The maximum absolute atomic E-state index is 10.6. The van der Waals surface area contributed by atoms with Gasteiger partial charge in [-0.15, -0.1) is 0 Å². The van der Waals surface area contributed by atoms with Crippen molar-refractivity contribution in [2.75, 3.05) is 50.8 Å². The fourth-order valence-corrected chi connectivity index (χ4v) is 3.66. The van der Waals surface area contributed by atoms with E-state index < -0.39 is 31.7 Å². The molecule has 10 heteroatoms. The Labute approximate surface area is 120 Å². The molecule has 0 atom stereocenters. The van der Waals surface area contributed by atoms with E-state index in [1.807, 2.05) is 0 Å². The monoisotopic (exact) mass is 330 g/mol. The van der Waals surface area contributed by atoms with Gasteiger partial charge in [0.05, 0.1) is 33.3 Å². The minimum absolute atomic E-state index is 0.274. The van der Waals surface area contributed by atoms with Gasteiger partial charge in [0.25, 0.3) is 0 Å². The molecule has 1 saturated heterocycles. The number of piperazine rings is 1. The summed E-state index contributed by atoms with van der Waals surface area (Å²) < 4.78 is 64.4. The molecule has 1 aliphatic heterocycles. The van der Waals surface area contributed by atoms with E-state index >= 15 is 0 Å². The van der Waals surface area contributed by atoms with Crippen LogP contribution in [0.25, 0.3) is 0 Å². The third-order valence-corrected chi connectivity index (χ3v) is 5.25. The van der Waals surface area contributed by atoms with Crippen LogP contribution in [0.2, 0.25) is 0 Å². The molecule has 0 unspecified atom stereocenters. The second-order valence-corrected chi connectivity index (χ2v) is 8.38. The van der Waals surface area contributed by atoms with Crippen molar-refractivity contribution in [1.29, 1.82) is 0 Å². The summed E-state index contributed by atoms with van der Waals surface area (Å²) in [6, 6.07) is 0. The van der Waals surface area contributed by atoms with Gasteiger partial charge in [-0.3, -0.25) is 0 Å². The molecule has 1 aliphatic rings. The second kappa shape index (κ2) is 7.14. The van der Waals surface area contributed by atoms with Gasteiger partial charge in [0, 0.05) is 24.3 Å². The van der Waals surface area contributed by atoms with E-state index in [2.05, 4.69) is 5.32 Å². The van der Waals surface area contributed by atoms with E-state index in [0.717, 1.165) is 26.2 Å². The molecule has 1 fully saturated rings. The average Bonchev–Trinajstić information content (AvgIpc) is 2.26. The summed E-state index contributed by atoms with van der Waals surface area (Å²) in [7, 11) is -8.42. The van der Waals surface area contributed by atoms with Crippen molar-refractivity contribution < 1.29 is 35.7 Å². The summed E-state index contributed by atoms with van der Waals surface area (Å²) >= 11 is 0. The van der Waals surface area contributed by atoms with E-state index in [4.69, 9.17) is 0 Å². The van der Waals surface area contributed by atoms with Crippen molar-refractivity contribution >= 4 is 20.2 Å². The molecular formula is C10H22N2O6S2. The second-order valence-electron chi connectivity index (χ2n) is 5.33. The van der Waals surface area contributed by atoms with Crippen LogP contribution in [0.5, 0.6) is 0 Å². The van der Waals surface area contributed by atoms with Crippen molar-refractivity contribution in [2.24, 2.45) is 0 Å². The number of nitrogens with zero attached hydrogens (tertiary/aromatic N) is 1. The van der Waals surface area contributed by atoms with Crippen molar-refractivity contribution in [1.82, 2.24) is 0 Å². The molecule has 0 aromatic carbocycles. The lowest BCUT2D eigenvalue weighted by atomic mass is 10.2. The number of hydrogen-bond acceptors (Lipinski definition) is 6. The molecule has 0 aliphatic carbocycles. The number of hydrogen-bond donors (Lipinski definition) is 1. The van der Waals surface area contributed by atoms with Gasteiger partial charge in [-0.2, -0.15) is 0 Å². The van der Waals surface area contributed by atoms with E-state index in [9.17, 15) is 25.9 Å². The Morgan fingerprint density at radius 3 is 1.60 bits per heavy atom. The van der Waals surface area contributed by atoms with Crippen LogP contribution >= 0.6 is 0 Å². The third kappa shape index (κ3) is 7.50. The summed E-state index contributed by atoms with van der Waals surface area (Å²) in [5, 5.41) is 2.14. The summed E-state index contributed by atoms with van der Waals surface area (Å²) in [4.78, 5) is 0. The highest BCUT2D eigenvalue weighted by atomic mass is 32.2. The summed E-state index contributed by atoms with van der Waals surface area (Å²) in [5.74, 6) is -0.785. The van der Waals surface area contributed by atoms with Gasteiger partial charge in [0.15, 0.2) is 0 Å². The zero-order valence-electron chi connectivity index (χ0n) is 11.4. The van der Waals surface area contributed by atoms with Crippen LogP contribution in [-0.4, -0.2) is 81.2 Å². The van der Waals surface area contributed by atoms with E-state index in [1.54, 1.807) is 0 Å². The fourth-order valence-electron chi connectivity index (χ4n) is 2.70. The minimum atomic E-state index is -4.21. The van der Waals surface area contributed by atoms with Gasteiger partial charge in [-0.1, -0.05) is 0 Å². The minimum Gasteiger partial charge on any atom is -0.748 e.